The van der Waals surface area contributed by atoms with Gasteiger partial charge in [-0.05, 0) is 25.1 Å². The van der Waals surface area contributed by atoms with Gasteiger partial charge in [0.2, 0.25) is 0 Å². The Kier molecular flexibility index (Phi) is 3.96. The number of carbonyl (C=O) groups is 1. The van der Waals surface area contributed by atoms with Crippen molar-refractivity contribution in [3.63, 3.8) is 0 Å². The van der Waals surface area contributed by atoms with Crippen LogP contribution in [0.1, 0.15) is 16.2 Å². The molecule has 0 saturated carbocycles. The summed E-state index contributed by atoms with van der Waals surface area (Å²) >= 11 is 0. The summed E-state index contributed by atoms with van der Waals surface area (Å²) in [5, 5.41) is 9.19. The molecule has 3 rings (SSSR count). The Labute approximate surface area is 130 Å². The van der Waals surface area contributed by atoms with Gasteiger partial charge in [0.25, 0.3) is 5.91 Å². The third kappa shape index (κ3) is 3.67. The summed E-state index contributed by atoms with van der Waals surface area (Å²) in [4.78, 5) is 20.1. The van der Waals surface area contributed by atoms with Crippen molar-refractivity contribution in [2.45, 2.75) is 6.92 Å². The summed E-state index contributed by atoms with van der Waals surface area (Å²) in [7, 11) is 0. The van der Waals surface area contributed by atoms with Crippen LogP contribution in [0.5, 0.6) is 0 Å². The normalized spacial score (nSPS) is 10.3. The van der Waals surface area contributed by atoms with Crippen molar-refractivity contribution in [2.24, 2.45) is 0 Å². The first kappa shape index (κ1) is 14.6. The first-order valence-corrected chi connectivity index (χ1v) is 6.69. The standard InChI is InChI=1S/C15H12FN5O2/c1-9-5-13(21-23-9)20-14-8-17-12(7-18-14)15(22)19-11-4-2-3-10(16)6-11/h2-8H,1H3,(H,19,22)(H,18,20,21). The van der Waals surface area contributed by atoms with Crippen LogP contribution in [0.2, 0.25) is 0 Å². The lowest BCUT2D eigenvalue weighted by Crippen LogP contribution is -2.14. The fourth-order valence-electron chi connectivity index (χ4n) is 1.83. The van der Waals surface area contributed by atoms with E-state index in [1.807, 2.05) is 0 Å². The van der Waals surface area contributed by atoms with Crippen LogP contribution in [0, 0.1) is 12.7 Å². The first-order valence-electron chi connectivity index (χ1n) is 6.69. The number of hydrogen-bond acceptors (Lipinski definition) is 6. The second-order valence-electron chi connectivity index (χ2n) is 4.70. The maximum absolute atomic E-state index is 13.1. The third-order valence-corrected chi connectivity index (χ3v) is 2.85. The summed E-state index contributed by atoms with van der Waals surface area (Å²) in [6, 6.07) is 7.29. The number of rotatable bonds is 4. The van der Waals surface area contributed by atoms with Gasteiger partial charge in [-0.3, -0.25) is 4.79 Å². The molecule has 3 aromatic rings. The number of amides is 1. The van der Waals surface area contributed by atoms with Crippen LogP contribution in [-0.2, 0) is 0 Å². The number of hydrogen-bond donors (Lipinski definition) is 2. The molecule has 0 radical (unpaired) electrons. The van der Waals surface area contributed by atoms with Crippen molar-refractivity contribution in [1.29, 1.82) is 0 Å². The average molecular weight is 313 g/mol. The van der Waals surface area contributed by atoms with Gasteiger partial charge in [0, 0.05) is 11.8 Å². The summed E-state index contributed by atoms with van der Waals surface area (Å²) < 4.78 is 18.0. The molecular formula is C15H12FN5O2. The minimum Gasteiger partial charge on any atom is -0.360 e. The zero-order valence-corrected chi connectivity index (χ0v) is 12.1. The Balaban J connectivity index is 1.67. The van der Waals surface area contributed by atoms with E-state index in [1.165, 1.54) is 30.6 Å². The lowest BCUT2D eigenvalue weighted by atomic mass is 10.3. The highest BCUT2D eigenvalue weighted by atomic mass is 19.1. The largest absolute Gasteiger partial charge is 0.360 e. The highest BCUT2D eigenvalue weighted by Crippen LogP contribution is 2.14. The Morgan fingerprint density at radius 1 is 1.17 bits per heavy atom. The Morgan fingerprint density at radius 3 is 2.70 bits per heavy atom. The van der Waals surface area contributed by atoms with Crippen molar-refractivity contribution in [2.75, 3.05) is 10.6 Å². The predicted molar refractivity (Wildman–Crippen MR) is 80.9 cm³/mol. The van der Waals surface area contributed by atoms with Crippen LogP contribution in [0.25, 0.3) is 0 Å². The lowest BCUT2D eigenvalue weighted by molar-refractivity contribution is 0.102. The topological polar surface area (TPSA) is 92.9 Å². The predicted octanol–water partition coefficient (Wildman–Crippen LogP) is 2.91. The lowest BCUT2D eigenvalue weighted by Gasteiger charge is -2.05. The van der Waals surface area contributed by atoms with E-state index in [2.05, 4.69) is 25.8 Å². The van der Waals surface area contributed by atoms with Crippen LogP contribution >= 0.6 is 0 Å². The molecule has 7 nitrogen and oxygen atoms in total. The number of aryl methyl sites for hydroxylation is 1. The van der Waals surface area contributed by atoms with Gasteiger partial charge in [-0.15, -0.1) is 0 Å². The van der Waals surface area contributed by atoms with Gasteiger partial charge >= 0.3 is 0 Å². The summed E-state index contributed by atoms with van der Waals surface area (Å²) in [6.45, 7) is 1.77. The molecule has 0 atom stereocenters. The van der Waals surface area contributed by atoms with Gasteiger partial charge in [-0.1, -0.05) is 11.2 Å². The summed E-state index contributed by atoms with van der Waals surface area (Å²) in [5.41, 5.74) is 0.452. The van der Waals surface area contributed by atoms with E-state index >= 15 is 0 Å². The van der Waals surface area contributed by atoms with E-state index in [0.29, 0.717) is 23.1 Å². The highest BCUT2D eigenvalue weighted by molar-refractivity contribution is 6.02. The van der Waals surface area contributed by atoms with Crippen molar-refractivity contribution >= 4 is 23.2 Å². The maximum Gasteiger partial charge on any atom is 0.275 e. The molecule has 0 unspecified atom stereocenters. The average Bonchev–Trinajstić information content (AvgIpc) is 2.93. The van der Waals surface area contributed by atoms with Gasteiger partial charge in [-0.25, -0.2) is 14.4 Å². The van der Waals surface area contributed by atoms with Crippen molar-refractivity contribution in [3.8, 4) is 0 Å². The number of halogens is 1. The molecule has 23 heavy (non-hydrogen) atoms. The molecule has 1 amide bonds. The molecule has 0 saturated heterocycles. The van der Waals surface area contributed by atoms with E-state index in [4.69, 9.17) is 4.52 Å². The minimum atomic E-state index is -0.480. The molecule has 2 aromatic heterocycles. The van der Waals surface area contributed by atoms with Crippen LogP contribution in [0.4, 0.5) is 21.7 Å². The monoisotopic (exact) mass is 313 g/mol. The highest BCUT2D eigenvalue weighted by Gasteiger charge is 2.09. The van der Waals surface area contributed by atoms with E-state index in [-0.39, 0.29) is 5.69 Å². The van der Waals surface area contributed by atoms with Gasteiger partial charge in [0.1, 0.15) is 23.1 Å². The number of nitrogens with one attached hydrogen (secondary N) is 2. The number of nitrogens with zero attached hydrogens (tertiary/aromatic N) is 3. The molecule has 0 spiro atoms. The second kappa shape index (κ2) is 6.22. The molecule has 0 fully saturated rings. The van der Waals surface area contributed by atoms with Crippen LogP contribution in [0.15, 0.2) is 47.2 Å². The fourth-order valence-corrected chi connectivity index (χ4v) is 1.83. The van der Waals surface area contributed by atoms with Crippen LogP contribution < -0.4 is 10.6 Å². The van der Waals surface area contributed by atoms with E-state index in [1.54, 1.807) is 19.1 Å². The zero-order chi connectivity index (χ0) is 16.2. The quantitative estimate of drug-likeness (QED) is 0.769. The molecule has 2 heterocycles. The Hall–Kier alpha value is -3.29. The Morgan fingerprint density at radius 2 is 2.04 bits per heavy atom. The fraction of sp³-hybridized carbons (Fsp3) is 0.0667. The van der Waals surface area contributed by atoms with Crippen LogP contribution in [0.3, 0.4) is 0 Å². The number of aromatic nitrogens is 3. The first-order chi connectivity index (χ1) is 11.1. The SMILES string of the molecule is Cc1cc(Nc2cnc(C(=O)Nc3cccc(F)c3)cn2)no1. The molecule has 0 aliphatic rings. The molecule has 0 aliphatic heterocycles. The van der Waals surface area contributed by atoms with Crippen LogP contribution in [-0.4, -0.2) is 21.0 Å². The van der Waals surface area contributed by atoms with Gasteiger partial charge in [-0.2, -0.15) is 0 Å². The van der Waals surface area contributed by atoms with Gasteiger partial charge in [0.05, 0.1) is 12.4 Å². The van der Waals surface area contributed by atoms with Crippen molar-refractivity contribution in [1.82, 2.24) is 15.1 Å². The zero-order valence-electron chi connectivity index (χ0n) is 12.1. The van der Waals surface area contributed by atoms with E-state index in [9.17, 15) is 9.18 Å². The summed E-state index contributed by atoms with van der Waals surface area (Å²) in [6.07, 6.45) is 2.70. The van der Waals surface area contributed by atoms with Crippen molar-refractivity contribution < 1.29 is 13.7 Å². The minimum absolute atomic E-state index is 0.108. The van der Waals surface area contributed by atoms with E-state index < -0.39 is 11.7 Å². The molecule has 0 aliphatic carbocycles. The number of carbonyl (C=O) groups excluding carboxylic acids is 1. The molecule has 8 heteroatoms. The van der Waals surface area contributed by atoms with E-state index in [0.717, 1.165) is 0 Å². The molecular weight excluding hydrogens is 301 g/mol. The third-order valence-electron chi connectivity index (χ3n) is 2.85. The smallest absolute Gasteiger partial charge is 0.275 e. The number of anilines is 3. The second-order valence-corrected chi connectivity index (χ2v) is 4.70. The molecule has 0 bridgehead atoms. The van der Waals surface area contributed by atoms with Gasteiger partial charge in [0.15, 0.2) is 5.82 Å². The molecule has 116 valence electrons. The van der Waals surface area contributed by atoms with Crippen molar-refractivity contribution in [3.05, 3.63) is 60.0 Å². The van der Waals surface area contributed by atoms with Gasteiger partial charge < -0.3 is 15.2 Å². The maximum atomic E-state index is 13.1. The number of benzene rings is 1. The molecule has 1 aromatic carbocycles. The molecule has 2 N–H and O–H groups in total. The summed E-state index contributed by atoms with van der Waals surface area (Å²) in [5.74, 6) is 0.657. The Bertz CT molecular complexity index is 832.